The van der Waals surface area contributed by atoms with Crippen LogP contribution < -0.4 is 0 Å². The maximum absolute atomic E-state index is 12.6. The third-order valence-corrected chi connectivity index (χ3v) is 4.80. The normalized spacial score (nSPS) is 11.1. The molecule has 0 saturated heterocycles. The summed E-state index contributed by atoms with van der Waals surface area (Å²) >= 11 is 1.55. The van der Waals surface area contributed by atoms with Gasteiger partial charge in [0.05, 0.1) is 10.6 Å². The smallest absolute Gasteiger partial charge is 0.219 e. The summed E-state index contributed by atoms with van der Waals surface area (Å²) in [4.78, 5) is 16.6. The summed E-state index contributed by atoms with van der Waals surface area (Å²) in [5.74, 6) is 0.0925. The van der Waals surface area contributed by atoms with Crippen LogP contribution in [-0.4, -0.2) is 10.8 Å². The first-order valence-corrected chi connectivity index (χ1v) is 7.08. The van der Waals surface area contributed by atoms with Gasteiger partial charge >= 0.3 is 0 Å². The van der Waals surface area contributed by atoms with Crippen LogP contribution >= 0.6 is 11.3 Å². The summed E-state index contributed by atoms with van der Waals surface area (Å²) in [6.45, 7) is 6.05. The van der Waals surface area contributed by atoms with E-state index in [1.807, 2.05) is 45.0 Å². The minimum Gasteiger partial charge on any atom is -0.355 e. The lowest BCUT2D eigenvalue weighted by molar-refractivity contribution is 0.103. The zero-order valence-corrected chi connectivity index (χ0v) is 12.0. The van der Waals surface area contributed by atoms with E-state index in [0.717, 1.165) is 31.9 Å². The predicted molar refractivity (Wildman–Crippen MR) is 80.3 cm³/mol. The third-order valence-electron chi connectivity index (χ3n) is 3.69. The lowest BCUT2D eigenvalue weighted by Gasteiger charge is -1.96. The van der Waals surface area contributed by atoms with E-state index in [-0.39, 0.29) is 5.78 Å². The number of hydrogen-bond acceptors (Lipinski definition) is 2. The topological polar surface area (TPSA) is 32.9 Å². The molecule has 0 saturated carbocycles. The van der Waals surface area contributed by atoms with E-state index in [2.05, 4.69) is 11.1 Å². The first-order valence-electron chi connectivity index (χ1n) is 6.27. The van der Waals surface area contributed by atoms with Crippen LogP contribution in [-0.2, 0) is 0 Å². The van der Waals surface area contributed by atoms with Gasteiger partial charge in [-0.1, -0.05) is 18.2 Å². The number of aromatic nitrogens is 1. The molecule has 96 valence electrons. The van der Waals surface area contributed by atoms with Crippen LogP contribution in [0.25, 0.3) is 10.1 Å². The highest BCUT2D eigenvalue weighted by Gasteiger charge is 2.18. The Kier molecular flexibility index (Phi) is 2.79. The fraction of sp³-hybridized carbons (Fsp3) is 0.188. The molecule has 19 heavy (non-hydrogen) atoms. The molecule has 3 aromatic rings. The molecular formula is C16H15NOS. The van der Waals surface area contributed by atoms with E-state index < -0.39 is 0 Å². The van der Waals surface area contributed by atoms with Gasteiger partial charge in [-0.05, 0) is 49.4 Å². The van der Waals surface area contributed by atoms with Gasteiger partial charge in [-0.25, -0.2) is 0 Å². The second-order valence-corrected chi connectivity index (χ2v) is 5.94. The number of aromatic amines is 1. The average Bonchev–Trinajstić information content (AvgIpc) is 2.95. The van der Waals surface area contributed by atoms with Crippen molar-refractivity contribution in [1.82, 2.24) is 4.98 Å². The molecule has 2 aromatic heterocycles. The Labute approximate surface area is 116 Å². The standard InChI is InChI=1S/C16H15NOS/c1-9-10(2)15(17-11(9)3)16(18)14-8-12-6-4-5-7-13(12)19-14/h4-8,17H,1-3H3. The molecule has 0 unspecified atom stereocenters. The third kappa shape index (κ3) is 1.90. The molecule has 1 aromatic carbocycles. The fourth-order valence-corrected chi connectivity index (χ4v) is 3.30. The second-order valence-electron chi connectivity index (χ2n) is 4.85. The van der Waals surface area contributed by atoms with E-state index >= 15 is 0 Å². The van der Waals surface area contributed by atoms with E-state index in [1.54, 1.807) is 11.3 Å². The van der Waals surface area contributed by atoms with Gasteiger partial charge in [-0.3, -0.25) is 4.79 Å². The summed E-state index contributed by atoms with van der Waals surface area (Å²) in [6, 6.07) is 10.1. The van der Waals surface area contributed by atoms with Crippen molar-refractivity contribution >= 4 is 27.2 Å². The van der Waals surface area contributed by atoms with Gasteiger partial charge in [-0.15, -0.1) is 11.3 Å². The van der Waals surface area contributed by atoms with Crippen molar-refractivity contribution in [3.63, 3.8) is 0 Å². The van der Waals surface area contributed by atoms with Crippen molar-refractivity contribution in [2.24, 2.45) is 0 Å². The summed E-state index contributed by atoms with van der Waals surface area (Å²) in [5.41, 5.74) is 4.02. The van der Waals surface area contributed by atoms with Crippen LogP contribution in [0.5, 0.6) is 0 Å². The Morgan fingerprint density at radius 1 is 1.11 bits per heavy atom. The van der Waals surface area contributed by atoms with Crippen molar-refractivity contribution in [1.29, 1.82) is 0 Å². The number of carbonyl (C=O) groups excluding carboxylic acids is 1. The first kappa shape index (κ1) is 12.2. The molecule has 0 aliphatic carbocycles. The maximum Gasteiger partial charge on any atom is 0.219 e. The van der Waals surface area contributed by atoms with Gasteiger partial charge in [0.1, 0.15) is 0 Å². The quantitative estimate of drug-likeness (QED) is 0.688. The zero-order chi connectivity index (χ0) is 13.6. The van der Waals surface area contributed by atoms with Gasteiger partial charge in [0.25, 0.3) is 0 Å². The fourth-order valence-electron chi connectivity index (χ4n) is 2.29. The minimum atomic E-state index is 0.0925. The Balaban J connectivity index is 2.10. The van der Waals surface area contributed by atoms with Gasteiger partial charge in [0.2, 0.25) is 5.78 Å². The second kappa shape index (κ2) is 4.35. The molecule has 0 radical (unpaired) electrons. The SMILES string of the molecule is Cc1[nH]c(C(=O)c2cc3ccccc3s2)c(C)c1C. The van der Waals surface area contributed by atoms with Crippen molar-refractivity contribution in [3.05, 3.63) is 57.7 Å². The molecule has 0 atom stereocenters. The van der Waals surface area contributed by atoms with Crippen LogP contribution in [0.4, 0.5) is 0 Å². The largest absolute Gasteiger partial charge is 0.355 e. The number of hydrogen-bond donors (Lipinski definition) is 1. The van der Waals surface area contributed by atoms with Crippen LogP contribution in [0.15, 0.2) is 30.3 Å². The van der Waals surface area contributed by atoms with Crippen molar-refractivity contribution in [2.75, 3.05) is 0 Å². The lowest BCUT2D eigenvalue weighted by Crippen LogP contribution is -2.01. The number of nitrogens with one attached hydrogen (secondary N) is 1. The summed E-state index contributed by atoms with van der Waals surface area (Å²) in [7, 11) is 0. The van der Waals surface area contributed by atoms with Gasteiger partial charge in [0.15, 0.2) is 0 Å². The molecule has 0 aliphatic rings. The number of ketones is 1. The van der Waals surface area contributed by atoms with Gasteiger partial charge in [0, 0.05) is 10.4 Å². The molecule has 0 spiro atoms. The number of benzene rings is 1. The maximum atomic E-state index is 12.6. The predicted octanol–water partition coefficient (Wildman–Crippen LogP) is 4.39. The van der Waals surface area contributed by atoms with E-state index in [9.17, 15) is 4.79 Å². The van der Waals surface area contributed by atoms with Crippen LogP contribution in [0.2, 0.25) is 0 Å². The molecule has 3 rings (SSSR count). The molecule has 0 bridgehead atoms. The summed E-state index contributed by atoms with van der Waals surface area (Å²) < 4.78 is 1.16. The van der Waals surface area contributed by atoms with Crippen molar-refractivity contribution in [3.8, 4) is 0 Å². The number of thiophene rings is 1. The van der Waals surface area contributed by atoms with Crippen LogP contribution in [0, 0.1) is 20.8 Å². The Hall–Kier alpha value is -1.87. The molecule has 3 heteroatoms. The highest BCUT2D eigenvalue weighted by atomic mass is 32.1. The van der Waals surface area contributed by atoms with E-state index in [4.69, 9.17) is 0 Å². The molecular weight excluding hydrogens is 254 g/mol. The zero-order valence-electron chi connectivity index (χ0n) is 11.2. The van der Waals surface area contributed by atoms with E-state index in [0.29, 0.717) is 0 Å². The molecule has 0 fully saturated rings. The highest BCUT2D eigenvalue weighted by molar-refractivity contribution is 7.21. The molecule has 2 heterocycles. The van der Waals surface area contributed by atoms with Gasteiger partial charge < -0.3 is 4.98 Å². The number of fused-ring (bicyclic) bond motifs is 1. The summed E-state index contributed by atoms with van der Waals surface area (Å²) in [5, 5.41) is 1.13. The average molecular weight is 269 g/mol. The first-order chi connectivity index (χ1) is 9.08. The van der Waals surface area contributed by atoms with E-state index in [1.165, 1.54) is 5.56 Å². The highest BCUT2D eigenvalue weighted by Crippen LogP contribution is 2.28. The molecule has 2 nitrogen and oxygen atoms in total. The minimum absolute atomic E-state index is 0.0925. The number of H-pyrrole nitrogens is 1. The summed E-state index contributed by atoms with van der Waals surface area (Å²) in [6.07, 6.45) is 0. The molecule has 0 amide bonds. The molecule has 0 aliphatic heterocycles. The number of aryl methyl sites for hydroxylation is 1. The Bertz CT molecular complexity index is 746. The van der Waals surface area contributed by atoms with Crippen LogP contribution in [0.1, 0.15) is 32.2 Å². The Morgan fingerprint density at radius 2 is 1.84 bits per heavy atom. The van der Waals surface area contributed by atoms with Gasteiger partial charge in [-0.2, -0.15) is 0 Å². The lowest BCUT2D eigenvalue weighted by atomic mass is 10.1. The monoisotopic (exact) mass is 269 g/mol. The molecule has 1 N–H and O–H groups in total. The van der Waals surface area contributed by atoms with Crippen molar-refractivity contribution in [2.45, 2.75) is 20.8 Å². The Morgan fingerprint density at radius 3 is 2.47 bits per heavy atom. The number of rotatable bonds is 2. The van der Waals surface area contributed by atoms with Crippen molar-refractivity contribution < 1.29 is 4.79 Å². The van der Waals surface area contributed by atoms with Crippen LogP contribution in [0.3, 0.4) is 0 Å². The number of carbonyl (C=O) groups is 1.